The maximum absolute atomic E-state index is 12.8. The van der Waals surface area contributed by atoms with Gasteiger partial charge in [0.2, 0.25) is 0 Å². The van der Waals surface area contributed by atoms with Crippen molar-refractivity contribution in [3.05, 3.63) is 35.6 Å². The second kappa shape index (κ2) is 6.10. The molecular formula is C15H22FNO. The van der Waals surface area contributed by atoms with E-state index in [0.29, 0.717) is 12.8 Å². The molecule has 0 aliphatic heterocycles. The number of halogens is 1. The Balaban J connectivity index is 2.68. The minimum atomic E-state index is -0.454. The zero-order chi connectivity index (χ0) is 13.8. The van der Waals surface area contributed by atoms with Crippen molar-refractivity contribution in [2.75, 3.05) is 0 Å². The molecule has 0 heterocycles. The average molecular weight is 251 g/mol. The summed E-state index contributed by atoms with van der Waals surface area (Å²) in [4.78, 5) is 12.2. The van der Waals surface area contributed by atoms with E-state index in [1.165, 1.54) is 12.1 Å². The van der Waals surface area contributed by atoms with Gasteiger partial charge in [-0.05, 0) is 30.5 Å². The lowest BCUT2D eigenvalue weighted by Gasteiger charge is -2.24. The van der Waals surface area contributed by atoms with E-state index >= 15 is 0 Å². The number of carbonyl (C=O) groups excluding carboxylic acids is 1. The number of benzene rings is 1. The lowest BCUT2D eigenvalue weighted by Crippen LogP contribution is -2.33. The molecule has 0 spiro atoms. The first-order valence-electron chi connectivity index (χ1n) is 6.38. The van der Waals surface area contributed by atoms with Crippen LogP contribution in [0.5, 0.6) is 0 Å². The highest BCUT2D eigenvalue weighted by atomic mass is 19.1. The molecule has 18 heavy (non-hydrogen) atoms. The van der Waals surface area contributed by atoms with Gasteiger partial charge >= 0.3 is 0 Å². The first kappa shape index (κ1) is 14.8. The van der Waals surface area contributed by atoms with Gasteiger partial charge in [-0.15, -0.1) is 0 Å². The Morgan fingerprint density at radius 2 is 1.89 bits per heavy atom. The number of hydrogen-bond acceptors (Lipinski definition) is 2. The predicted molar refractivity (Wildman–Crippen MR) is 71.8 cm³/mol. The molecule has 0 bridgehead atoms. The molecule has 1 unspecified atom stereocenters. The SMILES string of the molecule is CCC(N)CC(=O)C(C)(C)Cc1ccc(F)cc1. The Morgan fingerprint density at radius 1 is 1.33 bits per heavy atom. The van der Waals surface area contributed by atoms with Gasteiger partial charge in [-0.2, -0.15) is 0 Å². The van der Waals surface area contributed by atoms with E-state index in [0.717, 1.165) is 12.0 Å². The third kappa shape index (κ3) is 4.22. The molecule has 0 saturated heterocycles. The summed E-state index contributed by atoms with van der Waals surface area (Å²) in [7, 11) is 0. The Morgan fingerprint density at radius 3 is 2.39 bits per heavy atom. The van der Waals surface area contributed by atoms with Crippen LogP contribution >= 0.6 is 0 Å². The summed E-state index contributed by atoms with van der Waals surface area (Å²) in [5, 5.41) is 0. The minimum Gasteiger partial charge on any atom is -0.327 e. The standard InChI is InChI=1S/C15H22FNO/c1-4-13(17)9-14(18)15(2,3)10-11-5-7-12(16)8-6-11/h5-8,13H,4,9-10,17H2,1-3H3. The highest BCUT2D eigenvalue weighted by molar-refractivity contribution is 5.84. The maximum Gasteiger partial charge on any atom is 0.140 e. The molecule has 0 aromatic heterocycles. The number of carbonyl (C=O) groups is 1. The van der Waals surface area contributed by atoms with Crippen molar-refractivity contribution in [1.29, 1.82) is 0 Å². The highest BCUT2D eigenvalue weighted by Crippen LogP contribution is 2.25. The third-order valence-corrected chi connectivity index (χ3v) is 3.29. The molecule has 0 fully saturated rings. The summed E-state index contributed by atoms with van der Waals surface area (Å²) >= 11 is 0. The summed E-state index contributed by atoms with van der Waals surface area (Å²) in [6.45, 7) is 5.81. The van der Waals surface area contributed by atoms with Gasteiger partial charge in [-0.3, -0.25) is 4.79 Å². The van der Waals surface area contributed by atoms with Crippen molar-refractivity contribution in [2.45, 2.75) is 46.1 Å². The molecule has 2 nitrogen and oxygen atoms in total. The lowest BCUT2D eigenvalue weighted by atomic mass is 9.79. The molecule has 2 N–H and O–H groups in total. The van der Waals surface area contributed by atoms with Gasteiger partial charge in [0.15, 0.2) is 0 Å². The minimum absolute atomic E-state index is 0.0648. The number of hydrogen-bond donors (Lipinski definition) is 1. The topological polar surface area (TPSA) is 43.1 Å². The van der Waals surface area contributed by atoms with Crippen molar-refractivity contribution in [1.82, 2.24) is 0 Å². The monoisotopic (exact) mass is 251 g/mol. The van der Waals surface area contributed by atoms with Crippen LogP contribution in [0.2, 0.25) is 0 Å². The quantitative estimate of drug-likeness (QED) is 0.844. The van der Waals surface area contributed by atoms with Crippen molar-refractivity contribution in [2.24, 2.45) is 11.1 Å². The molecule has 0 saturated carbocycles. The van der Waals surface area contributed by atoms with Crippen LogP contribution in [0.4, 0.5) is 4.39 Å². The van der Waals surface area contributed by atoms with E-state index < -0.39 is 5.41 Å². The van der Waals surface area contributed by atoms with E-state index in [1.54, 1.807) is 12.1 Å². The normalized spacial score (nSPS) is 13.4. The van der Waals surface area contributed by atoms with Gasteiger partial charge in [0.25, 0.3) is 0 Å². The van der Waals surface area contributed by atoms with Crippen molar-refractivity contribution < 1.29 is 9.18 Å². The number of rotatable bonds is 6. The van der Waals surface area contributed by atoms with E-state index in [9.17, 15) is 9.18 Å². The smallest absolute Gasteiger partial charge is 0.140 e. The third-order valence-electron chi connectivity index (χ3n) is 3.29. The maximum atomic E-state index is 12.8. The highest BCUT2D eigenvalue weighted by Gasteiger charge is 2.28. The molecular weight excluding hydrogens is 229 g/mol. The second-order valence-electron chi connectivity index (χ2n) is 5.48. The summed E-state index contributed by atoms with van der Waals surface area (Å²) in [6, 6.07) is 6.24. The fourth-order valence-electron chi connectivity index (χ4n) is 1.87. The fourth-order valence-corrected chi connectivity index (χ4v) is 1.87. The van der Waals surface area contributed by atoms with Crippen molar-refractivity contribution in [3.63, 3.8) is 0 Å². The van der Waals surface area contributed by atoms with Crippen LogP contribution in [0.1, 0.15) is 39.2 Å². The van der Waals surface area contributed by atoms with Crippen molar-refractivity contribution in [3.8, 4) is 0 Å². The predicted octanol–water partition coefficient (Wildman–Crippen LogP) is 3.09. The molecule has 100 valence electrons. The molecule has 1 aromatic rings. The van der Waals surface area contributed by atoms with Crippen LogP contribution < -0.4 is 5.73 Å². The number of nitrogens with two attached hydrogens (primary N) is 1. The van der Waals surface area contributed by atoms with E-state index in [1.807, 2.05) is 20.8 Å². The lowest BCUT2D eigenvalue weighted by molar-refractivity contribution is -0.127. The summed E-state index contributed by atoms with van der Waals surface area (Å²) < 4.78 is 12.8. The van der Waals surface area contributed by atoms with Crippen LogP contribution in [-0.2, 0) is 11.2 Å². The molecule has 3 heteroatoms. The Bertz CT molecular complexity index is 397. The summed E-state index contributed by atoms with van der Waals surface area (Å²) in [5.41, 5.74) is 6.33. The van der Waals surface area contributed by atoms with Gasteiger partial charge in [-0.1, -0.05) is 32.9 Å². The number of Topliss-reactive ketones (excluding diaryl/α,β-unsaturated/α-hetero) is 1. The summed E-state index contributed by atoms with van der Waals surface area (Å²) in [6.07, 6.45) is 1.83. The van der Waals surface area contributed by atoms with Crippen LogP contribution in [0.15, 0.2) is 24.3 Å². The van der Waals surface area contributed by atoms with Gasteiger partial charge in [0.05, 0.1) is 0 Å². The Kier molecular flexibility index (Phi) is 5.03. The zero-order valence-electron chi connectivity index (χ0n) is 11.4. The van der Waals surface area contributed by atoms with Crippen molar-refractivity contribution >= 4 is 5.78 Å². The average Bonchev–Trinajstić information content (AvgIpc) is 2.31. The van der Waals surface area contributed by atoms with Crippen LogP contribution in [0.3, 0.4) is 0 Å². The molecule has 0 amide bonds. The van der Waals surface area contributed by atoms with Crippen LogP contribution in [-0.4, -0.2) is 11.8 Å². The zero-order valence-corrected chi connectivity index (χ0v) is 11.4. The first-order valence-corrected chi connectivity index (χ1v) is 6.38. The van der Waals surface area contributed by atoms with E-state index in [-0.39, 0.29) is 17.6 Å². The molecule has 1 rings (SSSR count). The second-order valence-corrected chi connectivity index (χ2v) is 5.48. The summed E-state index contributed by atoms with van der Waals surface area (Å²) in [5.74, 6) is -0.0861. The number of ketones is 1. The molecule has 0 radical (unpaired) electrons. The molecule has 1 atom stereocenters. The van der Waals surface area contributed by atoms with Gasteiger partial charge in [-0.25, -0.2) is 4.39 Å². The van der Waals surface area contributed by atoms with Gasteiger partial charge in [0.1, 0.15) is 11.6 Å². The van der Waals surface area contributed by atoms with Crippen LogP contribution in [0.25, 0.3) is 0 Å². The van der Waals surface area contributed by atoms with E-state index in [2.05, 4.69) is 0 Å². The molecule has 0 aliphatic rings. The Labute approximate surface area is 108 Å². The van der Waals surface area contributed by atoms with Gasteiger partial charge < -0.3 is 5.73 Å². The van der Waals surface area contributed by atoms with E-state index in [4.69, 9.17) is 5.73 Å². The largest absolute Gasteiger partial charge is 0.327 e. The van der Waals surface area contributed by atoms with Crippen LogP contribution in [0, 0.1) is 11.2 Å². The molecule has 1 aromatic carbocycles. The molecule has 0 aliphatic carbocycles. The Hall–Kier alpha value is -1.22. The van der Waals surface area contributed by atoms with Gasteiger partial charge in [0, 0.05) is 17.9 Å². The first-order chi connectivity index (χ1) is 8.35. The fraction of sp³-hybridized carbons (Fsp3) is 0.533.